The Kier molecular flexibility index (Phi) is 3.89. The van der Waals surface area contributed by atoms with Crippen LogP contribution in [0.15, 0.2) is 29.4 Å². The van der Waals surface area contributed by atoms with E-state index in [9.17, 15) is 0 Å². The lowest BCUT2D eigenvalue weighted by Gasteiger charge is -2.36. The second-order valence-corrected chi connectivity index (χ2v) is 6.80. The molecule has 0 spiro atoms. The fourth-order valence-electron chi connectivity index (χ4n) is 3.36. The van der Waals surface area contributed by atoms with Crippen LogP contribution < -0.4 is 10.6 Å². The molecule has 1 saturated heterocycles. The third kappa shape index (κ3) is 2.97. The molecule has 1 heterocycles. The molecular formula is C16H25N3O2. The molecule has 21 heavy (non-hydrogen) atoms. The van der Waals surface area contributed by atoms with Gasteiger partial charge in [0.05, 0.1) is 17.2 Å². The van der Waals surface area contributed by atoms with Crippen molar-refractivity contribution in [2.75, 3.05) is 11.9 Å². The van der Waals surface area contributed by atoms with Crippen LogP contribution >= 0.6 is 0 Å². The summed E-state index contributed by atoms with van der Waals surface area (Å²) in [7, 11) is 2.03. The molecule has 0 radical (unpaired) electrons. The molecule has 1 fully saturated rings. The number of nitrogens with zero attached hydrogens (tertiary/aromatic N) is 2. The summed E-state index contributed by atoms with van der Waals surface area (Å²) in [5.74, 6) is 0.119. The van der Waals surface area contributed by atoms with Gasteiger partial charge in [0.1, 0.15) is 0 Å². The van der Waals surface area contributed by atoms with E-state index in [4.69, 9.17) is 15.7 Å². The summed E-state index contributed by atoms with van der Waals surface area (Å²) in [5.41, 5.74) is 7.03. The Morgan fingerprint density at radius 3 is 2.48 bits per heavy atom. The number of oxime groups is 1. The molecule has 1 atom stereocenters. The van der Waals surface area contributed by atoms with E-state index in [0.717, 1.165) is 17.7 Å². The summed E-state index contributed by atoms with van der Waals surface area (Å²) in [5, 5.41) is 12.1. The van der Waals surface area contributed by atoms with Gasteiger partial charge in [-0.3, -0.25) is 0 Å². The number of ether oxygens (including phenoxy) is 1. The number of hydrogen-bond donors (Lipinski definition) is 2. The van der Waals surface area contributed by atoms with Gasteiger partial charge in [0, 0.05) is 18.3 Å². The highest BCUT2D eigenvalue weighted by molar-refractivity contribution is 6.02. The molecular weight excluding hydrogens is 266 g/mol. The molecule has 0 bridgehead atoms. The number of para-hydroxylation sites is 1. The van der Waals surface area contributed by atoms with Crippen molar-refractivity contribution in [2.24, 2.45) is 10.9 Å². The minimum absolute atomic E-state index is 0.119. The highest BCUT2D eigenvalue weighted by Crippen LogP contribution is 2.41. The van der Waals surface area contributed by atoms with E-state index in [2.05, 4.69) is 37.8 Å². The fraction of sp³-hybridized carbons (Fsp3) is 0.562. The first kappa shape index (κ1) is 15.6. The molecule has 1 aromatic rings. The van der Waals surface area contributed by atoms with Crippen LogP contribution in [0.25, 0.3) is 0 Å². The highest BCUT2D eigenvalue weighted by atomic mass is 16.5. The Bertz CT molecular complexity index is 552. The van der Waals surface area contributed by atoms with Gasteiger partial charge in [-0.05, 0) is 46.2 Å². The maximum atomic E-state index is 8.97. The van der Waals surface area contributed by atoms with Crippen LogP contribution in [0.1, 0.15) is 39.7 Å². The first-order chi connectivity index (χ1) is 9.68. The van der Waals surface area contributed by atoms with Crippen molar-refractivity contribution in [3.05, 3.63) is 29.8 Å². The van der Waals surface area contributed by atoms with E-state index in [0.29, 0.717) is 0 Å². The lowest BCUT2D eigenvalue weighted by Crippen LogP contribution is -2.45. The minimum Gasteiger partial charge on any atom is -0.409 e. The van der Waals surface area contributed by atoms with Crippen molar-refractivity contribution in [1.82, 2.24) is 0 Å². The Labute approximate surface area is 126 Å². The van der Waals surface area contributed by atoms with E-state index in [1.807, 2.05) is 31.3 Å². The van der Waals surface area contributed by atoms with Gasteiger partial charge in [-0.25, -0.2) is 0 Å². The van der Waals surface area contributed by atoms with E-state index >= 15 is 0 Å². The van der Waals surface area contributed by atoms with Crippen molar-refractivity contribution in [3.63, 3.8) is 0 Å². The second-order valence-electron chi connectivity index (χ2n) is 6.80. The van der Waals surface area contributed by atoms with Crippen molar-refractivity contribution in [2.45, 2.75) is 51.4 Å². The molecule has 0 amide bonds. The third-order valence-electron chi connectivity index (χ3n) is 4.16. The SMILES string of the molecule is CN(c1ccccc1/C(N)=N/O)C1CC(C)(C)OC1(C)C. The van der Waals surface area contributed by atoms with Crippen LogP contribution in [0.4, 0.5) is 5.69 Å². The van der Waals surface area contributed by atoms with Gasteiger partial charge >= 0.3 is 0 Å². The summed E-state index contributed by atoms with van der Waals surface area (Å²) < 4.78 is 6.17. The molecule has 1 aliphatic rings. The van der Waals surface area contributed by atoms with Gasteiger partial charge in [0.15, 0.2) is 5.84 Å². The first-order valence-corrected chi connectivity index (χ1v) is 7.18. The highest BCUT2D eigenvalue weighted by Gasteiger charge is 2.48. The van der Waals surface area contributed by atoms with Crippen LogP contribution in [0.3, 0.4) is 0 Å². The summed E-state index contributed by atoms with van der Waals surface area (Å²) in [6, 6.07) is 7.88. The predicted octanol–water partition coefficient (Wildman–Crippen LogP) is 2.56. The molecule has 2 rings (SSSR count). The Hall–Kier alpha value is -1.75. The number of rotatable bonds is 3. The van der Waals surface area contributed by atoms with E-state index < -0.39 is 0 Å². The normalized spacial score (nSPS) is 24.0. The van der Waals surface area contributed by atoms with Crippen LogP contribution in [0, 0.1) is 0 Å². The quantitative estimate of drug-likeness (QED) is 0.388. The average molecular weight is 291 g/mol. The summed E-state index contributed by atoms with van der Waals surface area (Å²) in [6.45, 7) is 8.43. The zero-order chi connectivity index (χ0) is 15.8. The van der Waals surface area contributed by atoms with Gasteiger partial charge in [-0.2, -0.15) is 0 Å². The van der Waals surface area contributed by atoms with E-state index in [1.165, 1.54) is 0 Å². The first-order valence-electron chi connectivity index (χ1n) is 7.18. The molecule has 5 heteroatoms. The summed E-state index contributed by atoms with van der Waals surface area (Å²) in [6.07, 6.45) is 0.918. The Morgan fingerprint density at radius 2 is 1.95 bits per heavy atom. The molecule has 5 nitrogen and oxygen atoms in total. The van der Waals surface area contributed by atoms with Crippen LogP contribution in [0.2, 0.25) is 0 Å². The van der Waals surface area contributed by atoms with E-state index in [1.54, 1.807) is 0 Å². The molecule has 0 aromatic heterocycles. The molecule has 1 unspecified atom stereocenters. The van der Waals surface area contributed by atoms with Gasteiger partial charge in [-0.15, -0.1) is 0 Å². The van der Waals surface area contributed by atoms with Crippen LogP contribution in [-0.4, -0.2) is 35.3 Å². The number of likely N-dealkylation sites (N-methyl/N-ethyl adjacent to an activating group) is 1. The van der Waals surface area contributed by atoms with Crippen molar-refractivity contribution in [1.29, 1.82) is 0 Å². The zero-order valence-electron chi connectivity index (χ0n) is 13.4. The minimum atomic E-state index is -0.267. The molecule has 0 aliphatic carbocycles. The number of benzene rings is 1. The molecule has 1 aromatic carbocycles. The van der Waals surface area contributed by atoms with Gasteiger partial charge in [-0.1, -0.05) is 17.3 Å². The lowest BCUT2D eigenvalue weighted by atomic mass is 9.92. The number of amidine groups is 1. The number of nitrogens with two attached hydrogens (primary N) is 1. The van der Waals surface area contributed by atoms with Crippen molar-refractivity contribution in [3.8, 4) is 0 Å². The smallest absolute Gasteiger partial charge is 0.172 e. The number of anilines is 1. The van der Waals surface area contributed by atoms with Crippen LogP contribution in [-0.2, 0) is 4.74 Å². The van der Waals surface area contributed by atoms with Crippen molar-refractivity contribution >= 4 is 11.5 Å². The topological polar surface area (TPSA) is 71.1 Å². The molecule has 3 N–H and O–H groups in total. The average Bonchev–Trinajstić information content (AvgIpc) is 2.65. The maximum Gasteiger partial charge on any atom is 0.172 e. The van der Waals surface area contributed by atoms with Gasteiger partial charge in [0.25, 0.3) is 0 Å². The number of hydrogen-bond acceptors (Lipinski definition) is 4. The Balaban J connectivity index is 2.40. The summed E-state index contributed by atoms with van der Waals surface area (Å²) >= 11 is 0. The molecule has 0 saturated carbocycles. The largest absolute Gasteiger partial charge is 0.409 e. The third-order valence-corrected chi connectivity index (χ3v) is 4.16. The second kappa shape index (κ2) is 5.22. The predicted molar refractivity (Wildman–Crippen MR) is 85.0 cm³/mol. The standard InChI is InChI=1S/C16H25N3O2/c1-15(2)10-13(16(3,4)21-15)19(5)12-9-7-6-8-11(12)14(17)18-20/h6-9,13,20H,10H2,1-5H3,(H2,17,18). The lowest BCUT2D eigenvalue weighted by molar-refractivity contribution is -0.0676. The van der Waals surface area contributed by atoms with Gasteiger partial charge < -0.3 is 20.6 Å². The van der Waals surface area contributed by atoms with Crippen molar-refractivity contribution < 1.29 is 9.94 Å². The molecule has 1 aliphatic heterocycles. The van der Waals surface area contributed by atoms with E-state index in [-0.39, 0.29) is 23.1 Å². The zero-order valence-corrected chi connectivity index (χ0v) is 13.4. The Morgan fingerprint density at radius 1 is 1.33 bits per heavy atom. The van der Waals surface area contributed by atoms with Crippen LogP contribution in [0.5, 0.6) is 0 Å². The maximum absolute atomic E-state index is 8.97. The fourth-order valence-corrected chi connectivity index (χ4v) is 3.36. The summed E-state index contributed by atoms with van der Waals surface area (Å²) in [4.78, 5) is 2.17. The monoisotopic (exact) mass is 291 g/mol. The van der Waals surface area contributed by atoms with Gasteiger partial charge in [0.2, 0.25) is 0 Å². The molecule has 116 valence electrons.